The molecule has 0 amide bonds. The van der Waals surface area contributed by atoms with Crippen molar-refractivity contribution in [1.82, 2.24) is 0 Å². The Labute approximate surface area is 106 Å². The van der Waals surface area contributed by atoms with Crippen LogP contribution in [0.4, 0.5) is 0 Å². The lowest BCUT2D eigenvalue weighted by molar-refractivity contribution is -0.108. The summed E-state index contributed by atoms with van der Waals surface area (Å²) in [5.74, 6) is 0.768. The van der Waals surface area contributed by atoms with Gasteiger partial charge in [0.15, 0.2) is 11.5 Å². The number of hydrogen-bond acceptors (Lipinski definition) is 3. The van der Waals surface area contributed by atoms with Gasteiger partial charge in [0, 0.05) is 31.4 Å². The molecule has 92 valence electrons. The van der Waals surface area contributed by atoms with E-state index in [1.165, 1.54) is 0 Å². The molecule has 1 aromatic carbocycles. The molecule has 0 fully saturated rings. The Hall–Kier alpha value is -1.22. The summed E-state index contributed by atoms with van der Waals surface area (Å²) in [6, 6.07) is 3.61. The van der Waals surface area contributed by atoms with Crippen LogP contribution in [0.2, 0.25) is 5.02 Å². The number of halogens is 1. The number of carbonyl (C=O) groups excluding carboxylic acids is 1. The Morgan fingerprint density at radius 1 is 1.35 bits per heavy atom. The molecule has 0 N–H and O–H groups in total. The second kappa shape index (κ2) is 4.22. The number of rotatable bonds is 3. The third kappa shape index (κ3) is 2.39. The van der Waals surface area contributed by atoms with Crippen molar-refractivity contribution in [3.63, 3.8) is 0 Å². The van der Waals surface area contributed by atoms with Crippen LogP contribution in [-0.2, 0) is 4.79 Å². The maximum Gasteiger partial charge on any atom is 0.246 e. The topological polar surface area (TPSA) is 35.5 Å². The van der Waals surface area contributed by atoms with Crippen LogP contribution >= 0.6 is 11.6 Å². The Morgan fingerprint density at radius 2 is 1.94 bits per heavy atom. The van der Waals surface area contributed by atoms with Gasteiger partial charge in [0.25, 0.3) is 0 Å². The summed E-state index contributed by atoms with van der Waals surface area (Å²) in [6.07, 6.45) is 1.35. The van der Waals surface area contributed by atoms with Crippen molar-refractivity contribution >= 4 is 17.9 Å². The first-order chi connectivity index (χ1) is 7.93. The monoisotopic (exact) mass is 254 g/mol. The standard InChI is InChI=1S/C13H15ClO3/c1-8(4-5-15)9-6-11-12(7-10(9)14)17-13(2,3)16-11/h5-8H,4H2,1-3H3. The maximum atomic E-state index is 10.5. The Bertz CT molecular complexity index is 454. The third-order valence-electron chi connectivity index (χ3n) is 2.76. The van der Waals surface area contributed by atoms with E-state index >= 15 is 0 Å². The lowest BCUT2D eigenvalue weighted by Gasteiger charge is -2.16. The van der Waals surface area contributed by atoms with E-state index in [2.05, 4.69) is 0 Å². The molecule has 0 aromatic heterocycles. The zero-order valence-corrected chi connectivity index (χ0v) is 10.9. The second-order valence-corrected chi connectivity index (χ2v) is 5.14. The van der Waals surface area contributed by atoms with Crippen molar-refractivity contribution in [2.75, 3.05) is 0 Å². The van der Waals surface area contributed by atoms with Gasteiger partial charge in [0.05, 0.1) is 0 Å². The number of carbonyl (C=O) groups is 1. The fourth-order valence-corrected chi connectivity index (χ4v) is 2.25. The highest BCUT2D eigenvalue weighted by Gasteiger charge is 2.32. The van der Waals surface area contributed by atoms with Crippen molar-refractivity contribution in [3.05, 3.63) is 22.7 Å². The second-order valence-electron chi connectivity index (χ2n) is 4.73. The summed E-state index contributed by atoms with van der Waals surface area (Å²) >= 11 is 6.18. The summed E-state index contributed by atoms with van der Waals surface area (Å²) < 4.78 is 11.2. The van der Waals surface area contributed by atoms with Crippen molar-refractivity contribution in [3.8, 4) is 11.5 Å². The molecule has 0 bridgehead atoms. The smallest absolute Gasteiger partial charge is 0.246 e. The highest BCUT2D eigenvalue weighted by Crippen LogP contribution is 2.44. The van der Waals surface area contributed by atoms with E-state index in [-0.39, 0.29) is 5.92 Å². The van der Waals surface area contributed by atoms with Crippen molar-refractivity contribution in [2.45, 2.75) is 38.9 Å². The maximum absolute atomic E-state index is 10.5. The van der Waals surface area contributed by atoms with E-state index in [0.29, 0.717) is 22.9 Å². The van der Waals surface area contributed by atoms with Crippen LogP contribution in [-0.4, -0.2) is 12.1 Å². The highest BCUT2D eigenvalue weighted by molar-refractivity contribution is 6.31. The molecule has 0 aliphatic carbocycles. The molecular formula is C13H15ClO3. The molecular weight excluding hydrogens is 240 g/mol. The van der Waals surface area contributed by atoms with Gasteiger partial charge in [-0.2, -0.15) is 0 Å². The van der Waals surface area contributed by atoms with Crippen molar-refractivity contribution in [1.29, 1.82) is 0 Å². The van der Waals surface area contributed by atoms with Gasteiger partial charge in [0.1, 0.15) is 6.29 Å². The molecule has 1 unspecified atom stereocenters. The Kier molecular flexibility index (Phi) is 3.04. The number of fused-ring (bicyclic) bond motifs is 1. The van der Waals surface area contributed by atoms with E-state index in [9.17, 15) is 4.79 Å². The normalized spacial score (nSPS) is 17.9. The van der Waals surface area contributed by atoms with E-state index in [1.54, 1.807) is 6.07 Å². The van der Waals surface area contributed by atoms with Crippen LogP contribution in [0.25, 0.3) is 0 Å². The van der Waals surface area contributed by atoms with Gasteiger partial charge in [-0.05, 0) is 17.5 Å². The molecule has 1 atom stereocenters. The van der Waals surface area contributed by atoms with Crippen LogP contribution < -0.4 is 9.47 Å². The first kappa shape index (κ1) is 12.2. The molecule has 0 saturated heterocycles. The molecule has 1 aromatic rings. The molecule has 1 aliphatic rings. The molecule has 0 radical (unpaired) electrons. The molecule has 0 spiro atoms. The minimum Gasteiger partial charge on any atom is -0.449 e. The minimum absolute atomic E-state index is 0.0811. The van der Waals surface area contributed by atoms with Gasteiger partial charge in [-0.3, -0.25) is 0 Å². The first-order valence-electron chi connectivity index (χ1n) is 5.58. The number of aldehydes is 1. The summed E-state index contributed by atoms with van der Waals surface area (Å²) in [6.45, 7) is 5.65. The fourth-order valence-electron chi connectivity index (χ4n) is 1.91. The molecule has 0 saturated carbocycles. The van der Waals surface area contributed by atoms with Gasteiger partial charge < -0.3 is 14.3 Å². The number of hydrogen-bond donors (Lipinski definition) is 0. The van der Waals surface area contributed by atoms with Crippen molar-refractivity contribution in [2.24, 2.45) is 0 Å². The lowest BCUT2D eigenvalue weighted by atomic mass is 9.98. The van der Waals surface area contributed by atoms with Gasteiger partial charge in [-0.1, -0.05) is 18.5 Å². The molecule has 4 heteroatoms. The quantitative estimate of drug-likeness (QED) is 0.774. The van der Waals surface area contributed by atoms with Crippen LogP contribution in [0, 0.1) is 0 Å². The Morgan fingerprint density at radius 3 is 2.53 bits per heavy atom. The summed E-state index contributed by atoms with van der Waals surface area (Å²) in [7, 11) is 0. The number of benzene rings is 1. The van der Waals surface area contributed by atoms with Crippen LogP contribution in [0.15, 0.2) is 12.1 Å². The predicted octanol–water partition coefficient (Wildman–Crippen LogP) is 3.54. The van der Waals surface area contributed by atoms with E-state index in [1.807, 2.05) is 26.8 Å². The van der Waals surface area contributed by atoms with Gasteiger partial charge in [-0.25, -0.2) is 0 Å². The van der Waals surface area contributed by atoms with Gasteiger partial charge in [-0.15, -0.1) is 0 Å². The number of ether oxygens (including phenoxy) is 2. The summed E-state index contributed by atoms with van der Waals surface area (Å²) in [4.78, 5) is 10.5. The highest BCUT2D eigenvalue weighted by atomic mass is 35.5. The van der Waals surface area contributed by atoms with Crippen LogP contribution in [0.1, 0.15) is 38.7 Å². The molecule has 3 nitrogen and oxygen atoms in total. The summed E-state index contributed by atoms with van der Waals surface area (Å²) in [5.41, 5.74) is 0.916. The van der Waals surface area contributed by atoms with Gasteiger partial charge in [0.2, 0.25) is 5.79 Å². The fraction of sp³-hybridized carbons (Fsp3) is 0.462. The van der Waals surface area contributed by atoms with Gasteiger partial charge >= 0.3 is 0 Å². The minimum atomic E-state index is -0.655. The molecule has 2 rings (SSSR count). The summed E-state index contributed by atoms with van der Waals surface area (Å²) in [5, 5.41) is 0.611. The molecule has 17 heavy (non-hydrogen) atoms. The zero-order valence-electron chi connectivity index (χ0n) is 10.1. The van der Waals surface area contributed by atoms with E-state index < -0.39 is 5.79 Å². The Balaban J connectivity index is 2.36. The van der Waals surface area contributed by atoms with Crippen LogP contribution in [0.5, 0.6) is 11.5 Å². The third-order valence-corrected chi connectivity index (χ3v) is 3.08. The predicted molar refractivity (Wildman–Crippen MR) is 65.9 cm³/mol. The average Bonchev–Trinajstić information content (AvgIpc) is 2.50. The average molecular weight is 255 g/mol. The van der Waals surface area contributed by atoms with Crippen molar-refractivity contribution < 1.29 is 14.3 Å². The molecule has 1 aliphatic heterocycles. The first-order valence-corrected chi connectivity index (χ1v) is 5.96. The van der Waals surface area contributed by atoms with E-state index in [0.717, 1.165) is 11.8 Å². The zero-order chi connectivity index (χ0) is 12.6. The SMILES string of the molecule is CC(CC=O)c1cc2c(cc1Cl)OC(C)(C)O2. The van der Waals surface area contributed by atoms with E-state index in [4.69, 9.17) is 21.1 Å². The van der Waals surface area contributed by atoms with Crippen LogP contribution in [0.3, 0.4) is 0 Å². The lowest BCUT2D eigenvalue weighted by Crippen LogP contribution is -2.29. The largest absolute Gasteiger partial charge is 0.449 e. The molecule has 1 heterocycles.